The van der Waals surface area contributed by atoms with Crippen LogP contribution in [0, 0.1) is 0 Å². The number of hydrogen-bond acceptors (Lipinski definition) is 5. The van der Waals surface area contributed by atoms with Crippen molar-refractivity contribution in [2.45, 2.75) is 50.6 Å². The first-order valence-corrected chi connectivity index (χ1v) is 11.3. The highest BCUT2D eigenvalue weighted by molar-refractivity contribution is 7.91. The van der Waals surface area contributed by atoms with E-state index >= 15 is 0 Å². The van der Waals surface area contributed by atoms with Gasteiger partial charge in [-0.05, 0) is 19.3 Å². The summed E-state index contributed by atoms with van der Waals surface area (Å²) in [4.78, 5) is 11.9. The molecule has 0 aromatic carbocycles. The molecule has 0 aromatic rings. The van der Waals surface area contributed by atoms with Crippen LogP contribution < -0.4 is 5.32 Å². The molecule has 1 saturated carbocycles. The summed E-state index contributed by atoms with van der Waals surface area (Å²) in [5.74, 6) is -0.194. The second-order valence-electron chi connectivity index (χ2n) is 6.23. The molecule has 1 unspecified atom stereocenters. The first-order chi connectivity index (χ1) is 10.2. The fraction of sp³-hybridized carbons (Fsp3) is 0.923. The fourth-order valence-corrected chi connectivity index (χ4v) is 6.08. The summed E-state index contributed by atoms with van der Waals surface area (Å²) in [5.41, 5.74) is 0. The van der Waals surface area contributed by atoms with E-state index in [1.54, 1.807) is 0 Å². The summed E-state index contributed by atoms with van der Waals surface area (Å²) in [5, 5.41) is 2.69. The van der Waals surface area contributed by atoms with Crippen LogP contribution in [0.4, 0.5) is 0 Å². The monoisotopic (exact) mass is 352 g/mol. The Balaban J connectivity index is 1.85. The average molecular weight is 352 g/mol. The van der Waals surface area contributed by atoms with Crippen molar-refractivity contribution in [3.8, 4) is 0 Å². The minimum atomic E-state index is -3.33. The number of carbonyl (C=O) groups is 1. The Morgan fingerprint density at radius 2 is 1.86 bits per heavy atom. The number of sulfonamides is 1. The Morgan fingerprint density at radius 1 is 1.23 bits per heavy atom. The molecule has 0 spiro atoms. The van der Waals surface area contributed by atoms with Gasteiger partial charge < -0.3 is 5.32 Å². The molecule has 9 heteroatoms. The maximum Gasteiger partial charge on any atom is 0.221 e. The lowest BCUT2D eigenvalue weighted by molar-refractivity contribution is -0.121. The van der Waals surface area contributed by atoms with Gasteiger partial charge in [-0.25, -0.2) is 16.8 Å². The van der Waals surface area contributed by atoms with Crippen LogP contribution in [0.15, 0.2) is 0 Å². The van der Waals surface area contributed by atoms with E-state index in [0.717, 1.165) is 25.7 Å². The molecule has 1 heterocycles. The van der Waals surface area contributed by atoms with Gasteiger partial charge in [0.25, 0.3) is 0 Å². The lowest BCUT2D eigenvalue weighted by Gasteiger charge is -2.26. The van der Waals surface area contributed by atoms with Gasteiger partial charge in [0.2, 0.25) is 15.9 Å². The summed E-state index contributed by atoms with van der Waals surface area (Å²) < 4.78 is 47.9. The predicted octanol–water partition coefficient (Wildman–Crippen LogP) is -0.116. The zero-order valence-corrected chi connectivity index (χ0v) is 14.5. The first-order valence-electron chi connectivity index (χ1n) is 7.64. The maximum absolute atomic E-state index is 11.9. The van der Waals surface area contributed by atoms with Crippen molar-refractivity contribution in [2.75, 3.05) is 24.3 Å². The highest BCUT2D eigenvalue weighted by Crippen LogP contribution is 2.25. The highest BCUT2D eigenvalue weighted by atomic mass is 32.2. The average Bonchev–Trinajstić information content (AvgIpc) is 2.98. The van der Waals surface area contributed by atoms with Crippen molar-refractivity contribution in [3.63, 3.8) is 0 Å². The molecular formula is C13H24N2O5S2. The zero-order valence-electron chi connectivity index (χ0n) is 12.8. The molecule has 0 bridgehead atoms. The molecule has 7 nitrogen and oxygen atoms in total. The number of hydrogen-bond donors (Lipinski definition) is 1. The van der Waals surface area contributed by atoms with Crippen molar-refractivity contribution < 1.29 is 21.6 Å². The van der Waals surface area contributed by atoms with E-state index in [-0.39, 0.29) is 42.5 Å². The van der Waals surface area contributed by atoms with Crippen LogP contribution in [0.1, 0.15) is 38.5 Å². The molecule has 2 aliphatic rings. The summed E-state index contributed by atoms with van der Waals surface area (Å²) in [6.07, 6.45) is 5.40. The highest BCUT2D eigenvalue weighted by Gasteiger charge is 2.31. The van der Waals surface area contributed by atoms with Crippen LogP contribution in [0.5, 0.6) is 0 Å². The summed E-state index contributed by atoms with van der Waals surface area (Å²) in [7, 11) is -6.36. The van der Waals surface area contributed by atoms with E-state index in [0.29, 0.717) is 6.42 Å². The molecule has 1 atom stereocenters. The van der Waals surface area contributed by atoms with Gasteiger partial charge in [-0.3, -0.25) is 4.79 Å². The van der Waals surface area contributed by atoms with E-state index in [1.165, 1.54) is 10.6 Å². The molecular weight excluding hydrogens is 328 g/mol. The lowest BCUT2D eigenvalue weighted by Crippen LogP contribution is -2.42. The number of nitrogens with one attached hydrogen (secondary N) is 1. The van der Waals surface area contributed by atoms with Crippen LogP contribution in [-0.4, -0.2) is 63.4 Å². The Hall–Kier alpha value is -0.670. The maximum atomic E-state index is 11.9. The van der Waals surface area contributed by atoms with Crippen LogP contribution in [-0.2, 0) is 24.7 Å². The van der Waals surface area contributed by atoms with Crippen molar-refractivity contribution in [2.24, 2.45) is 0 Å². The Kier molecular flexibility index (Phi) is 5.50. The lowest BCUT2D eigenvalue weighted by atomic mass is 10.2. The van der Waals surface area contributed by atoms with Crippen LogP contribution in [0.25, 0.3) is 0 Å². The third-order valence-corrected chi connectivity index (χ3v) is 7.42. The van der Waals surface area contributed by atoms with Gasteiger partial charge in [-0.2, -0.15) is 4.31 Å². The van der Waals surface area contributed by atoms with Gasteiger partial charge in [-0.1, -0.05) is 12.8 Å². The minimum absolute atomic E-state index is 0.00495. The molecule has 1 amide bonds. The summed E-state index contributed by atoms with van der Waals surface area (Å²) in [6.45, 7) is 0.162. The number of amides is 1. The molecule has 0 aromatic heterocycles. The summed E-state index contributed by atoms with van der Waals surface area (Å²) >= 11 is 0. The predicted molar refractivity (Wildman–Crippen MR) is 83.6 cm³/mol. The second kappa shape index (κ2) is 6.84. The standard InChI is InChI=1S/C13H24N2O5S2/c1-21(17,18)15(12-4-2-3-5-12)8-6-13(16)14-11-7-9-22(19,20)10-11/h11-12H,2-10H2,1H3,(H,14,16). The van der Waals surface area contributed by atoms with Gasteiger partial charge in [0, 0.05) is 25.0 Å². The smallest absolute Gasteiger partial charge is 0.221 e. The second-order valence-corrected chi connectivity index (χ2v) is 10.4. The van der Waals surface area contributed by atoms with Crippen molar-refractivity contribution in [1.29, 1.82) is 0 Å². The number of sulfone groups is 1. The van der Waals surface area contributed by atoms with Gasteiger partial charge in [0.1, 0.15) is 0 Å². The van der Waals surface area contributed by atoms with Gasteiger partial charge in [0.05, 0.1) is 17.8 Å². The molecule has 1 N–H and O–H groups in total. The topological polar surface area (TPSA) is 101 Å². The van der Waals surface area contributed by atoms with Gasteiger partial charge in [0.15, 0.2) is 9.84 Å². The van der Waals surface area contributed by atoms with E-state index in [1.807, 2.05) is 0 Å². The molecule has 0 radical (unpaired) electrons. The molecule has 2 rings (SSSR count). The molecule has 22 heavy (non-hydrogen) atoms. The molecule has 128 valence electrons. The number of rotatable bonds is 6. The fourth-order valence-electron chi connectivity index (χ4n) is 3.23. The molecule has 1 aliphatic heterocycles. The van der Waals surface area contributed by atoms with Gasteiger partial charge >= 0.3 is 0 Å². The van der Waals surface area contributed by atoms with Crippen LogP contribution in [0.3, 0.4) is 0 Å². The van der Waals surface area contributed by atoms with Gasteiger partial charge in [-0.15, -0.1) is 0 Å². The molecule has 1 saturated heterocycles. The Bertz CT molecular complexity index is 608. The number of nitrogens with zero attached hydrogens (tertiary/aromatic N) is 1. The normalized spacial score (nSPS) is 25.6. The van der Waals surface area contributed by atoms with Crippen molar-refractivity contribution in [1.82, 2.24) is 9.62 Å². The van der Waals surface area contributed by atoms with E-state index in [2.05, 4.69) is 5.32 Å². The Morgan fingerprint density at radius 3 is 2.36 bits per heavy atom. The largest absolute Gasteiger partial charge is 0.352 e. The van der Waals surface area contributed by atoms with E-state index in [9.17, 15) is 21.6 Å². The van der Waals surface area contributed by atoms with Crippen LogP contribution >= 0.6 is 0 Å². The van der Waals surface area contributed by atoms with E-state index in [4.69, 9.17) is 0 Å². The molecule has 2 fully saturated rings. The third-order valence-electron chi connectivity index (χ3n) is 4.31. The minimum Gasteiger partial charge on any atom is -0.352 e. The number of carbonyl (C=O) groups excluding carboxylic acids is 1. The quantitative estimate of drug-likeness (QED) is 0.718. The van der Waals surface area contributed by atoms with Crippen molar-refractivity contribution >= 4 is 25.8 Å². The summed E-state index contributed by atoms with van der Waals surface area (Å²) in [6, 6.07) is -0.342. The van der Waals surface area contributed by atoms with Crippen molar-refractivity contribution in [3.05, 3.63) is 0 Å². The Labute approximate surface area is 132 Å². The first kappa shape index (κ1) is 17.7. The SMILES string of the molecule is CS(=O)(=O)N(CCC(=O)NC1CCS(=O)(=O)C1)C1CCCC1. The third kappa shape index (κ3) is 4.92. The van der Waals surface area contributed by atoms with Crippen LogP contribution in [0.2, 0.25) is 0 Å². The van der Waals surface area contributed by atoms with E-state index < -0.39 is 19.9 Å². The molecule has 1 aliphatic carbocycles. The zero-order chi connectivity index (χ0) is 16.4.